The van der Waals surface area contributed by atoms with Crippen LogP contribution in [-0.2, 0) is 29.0 Å². The summed E-state index contributed by atoms with van der Waals surface area (Å²) in [4.78, 5) is 29.4. The van der Waals surface area contributed by atoms with Gasteiger partial charge in [-0.1, -0.05) is 107 Å². The molecule has 0 saturated heterocycles. The Hall–Kier alpha value is -2.92. The monoisotopic (exact) mass is 560 g/mol. The molecule has 3 aromatic rings. The number of rotatable bonds is 10. The van der Waals surface area contributed by atoms with Gasteiger partial charge >= 0.3 is 0 Å². The van der Waals surface area contributed by atoms with Crippen molar-refractivity contribution >= 4 is 27.7 Å². The van der Waals surface area contributed by atoms with Crippen LogP contribution in [0.3, 0.4) is 0 Å². The van der Waals surface area contributed by atoms with Crippen LogP contribution in [0.1, 0.15) is 60.8 Å². The number of nitrogens with zero attached hydrogens (tertiary/aromatic N) is 1. The number of benzene rings is 3. The van der Waals surface area contributed by atoms with E-state index in [-0.39, 0.29) is 17.9 Å². The minimum Gasteiger partial charge on any atom is -0.352 e. The van der Waals surface area contributed by atoms with Crippen LogP contribution >= 0.6 is 15.9 Å². The highest BCUT2D eigenvalue weighted by Gasteiger charge is 2.31. The average Bonchev–Trinajstić information content (AvgIpc) is 2.92. The molecule has 1 saturated carbocycles. The van der Waals surface area contributed by atoms with Gasteiger partial charge in [-0.25, -0.2) is 0 Å². The zero-order valence-corrected chi connectivity index (χ0v) is 23.3. The van der Waals surface area contributed by atoms with E-state index < -0.39 is 6.04 Å². The number of halogens is 1. The largest absolute Gasteiger partial charge is 0.352 e. The molecule has 0 radical (unpaired) electrons. The van der Waals surface area contributed by atoms with Gasteiger partial charge in [0, 0.05) is 29.9 Å². The van der Waals surface area contributed by atoms with Crippen LogP contribution in [0, 0.1) is 6.92 Å². The summed E-state index contributed by atoms with van der Waals surface area (Å²) in [5.74, 6) is -0.0419. The predicted molar refractivity (Wildman–Crippen MR) is 153 cm³/mol. The molecule has 1 aliphatic carbocycles. The molecule has 1 aliphatic rings. The van der Waals surface area contributed by atoms with Crippen LogP contribution in [0.15, 0.2) is 83.3 Å². The van der Waals surface area contributed by atoms with Crippen molar-refractivity contribution in [2.24, 2.45) is 0 Å². The molecule has 37 heavy (non-hydrogen) atoms. The molecule has 5 heteroatoms. The quantitative estimate of drug-likeness (QED) is 0.297. The van der Waals surface area contributed by atoms with Crippen LogP contribution in [0.2, 0.25) is 0 Å². The Bertz CT molecular complexity index is 1140. The van der Waals surface area contributed by atoms with Gasteiger partial charge in [0.2, 0.25) is 11.8 Å². The summed E-state index contributed by atoms with van der Waals surface area (Å²) >= 11 is 3.50. The third kappa shape index (κ3) is 8.29. The lowest BCUT2D eigenvalue weighted by molar-refractivity contribution is -0.141. The Morgan fingerprint density at radius 2 is 1.51 bits per heavy atom. The van der Waals surface area contributed by atoms with Gasteiger partial charge < -0.3 is 10.2 Å². The molecule has 2 amide bonds. The lowest BCUT2D eigenvalue weighted by Crippen LogP contribution is -2.52. The Kier molecular flexibility index (Phi) is 9.95. The maximum Gasteiger partial charge on any atom is 0.243 e. The number of amides is 2. The highest BCUT2D eigenvalue weighted by molar-refractivity contribution is 9.10. The van der Waals surface area contributed by atoms with Gasteiger partial charge in [-0.2, -0.15) is 0 Å². The van der Waals surface area contributed by atoms with Crippen molar-refractivity contribution in [3.63, 3.8) is 0 Å². The fourth-order valence-electron chi connectivity index (χ4n) is 5.03. The normalized spacial score (nSPS) is 14.6. The summed E-state index contributed by atoms with van der Waals surface area (Å²) in [6, 6.07) is 26.0. The highest BCUT2D eigenvalue weighted by atomic mass is 79.9. The van der Waals surface area contributed by atoms with Gasteiger partial charge in [-0.15, -0.1) is 0 Å². The molecular weight excluding hydrogens is 524 g/mol. The molecule has 0 unspecified atom stereocenters. The van der Waals surface area contributed by atoms with E-state index in [2.05, 4.69) is 52.4 Å². The smallest absolute Gasteiger partial charge is 0.243 e. The number of hydrogen-bond acceptors (Lipinski definition) is 2. The van der Waals surface area contributed by atoms with Gasteiger partial charge in [-0.05, 0) is 55.0 Å². The SMILES string of the molecule is Cc1ccc(CCC(=O)N(Cc2ccc(Br)cc2)[C@@H](Cc2ccccc2)C(=O)NC2CCCCC2)cc1. The first-order valence-electron chi connectivity index (χ1n) is 13.4. The van der Waals surface area contributed by atoms with E-state index in [1.165, 1.54) is 12.0 Å². The van der Waals surface area contributed by atoms with E-state index in [1.54, 1.807) is 0 Å². The first kappa shape index (κ1) is 27.1. The molecule has 1 atom stereocenters. The van der Waals surface area contributed by atoms with E-state index in [4.69, 9.17) is 0 Å². The van der Waals surface area contributed by atoms with Crippen LogP contribution in [0.5, 0.6) is 0 Å². The van der Waals surface area contributed by atoms with E-state index >= 15 is 0 Å². The number of nitrogens with one attached hydrogen (secondary N) is 1. The second kappa shape index (κ2) is 13.6. The molecule has 4 nitrogen and oxygen atoms in total. The average molecular weight is 562 g/mol. The fourth-order valence-corrected chi connectivity index (χ4v) is 5.30. The van der Waals surface area contributed by atoms with E-state index in [1.807, 2.05) is 59.5 Å². The number of aryl methyl sites for hydroxylation is 2. The van der Waals surface area contributed by atoms with Crippen LogP contribution in [0.25, 0.3) is 0 Å². The summed E-state index contributed by atoms with van der Waals surface area (Å²) in [5.41, 5.74) is 4.40. The maximum absolute atomic E-state index is 13.8. The Morgan fingerprint density at radius 3 is 2.19 bits per heavy atom. The van der Waals surface area contributed by atoms with Crippen molar-refractivity contribution in [2.75, 3.05) is 0 Å². The highest BCUT2D eigenvalue weighted by Crippen LogP contribution is 2.21. The standard InChI is InChI=1S/C32H37BrN2O2/c1-24-12-14-25(15-13-24)18-21-31(36)35(23-27-16-19-28(33)20-17-27)30(22-26-8-4-2-5-9-26)32(37)34-29-10-6-3-7-11-29/h2,4-5,8-9,12-17,19-20,29-30H,3,6-7,10-11,18,21-23H2,1H3,(H,34,37)/t30-/m0/s1. The maximum atomic E-state index is 13.8. The summed E-state index contributed by atoms with van der Waals surface area (Å²) < 4.78 is 0.990. The molecule has 4 rings (SSSR count). The van der Waals surface area contributed by atoms with Gasteiger partial charge in [-0.3, -0.25) is 9.59 Å². The molecule has 194 valence electrons. The van der Waals surface area contributed by atoms with Gasteiger partial charge in [0.25, 0.3) is 0 Å². The predicted octanol–water partition coefficient (Wildman–Crippen LogP) is 6.78. The van der Waals surface area contributed by atoms with Crippen molar-refractivity contribution in [3.8, 4) is 0 Å². The second-order valence-corrected chi connectivity index (χ2v) is 11.1. The molecule has 0 aliphatic heterocycles. The van der Waals surface area contributed by atoms with E-state index in [0.717, 1.165) is 46.8 Å². The van der Waals surface area contributed by atoms with Crippen LogP contribution in [0.4, 0.5) is 0 Å². The topological polar surface area (TPSA) is 49.4 Å². The lowest BCUT2D eigenvalue weighted by atomic mass is 9.94. The molecule has 0 spiro atoms. The molecule has 0 bridgehead atoms. The summed E-state index contributed by atoms with van der Waals surface area (Å²) in [7, 11) is 0. The Labute approximate surface area is 229 Å². The van der Waals surface area contributed by atoms with Crippen molar-refractivity contribution in [2.45, 2.75) is 76.9 Å². The molecule has 3 aromatic carbocycles. The van der Waals surface area contributed by atoms with Crippen molar-refractivity contribution in [1.29, 1.82) is 0 Å². The van der Waals surface area contributed by atoms with Gasteiger partial charge in [0.1, 0.15) is 6.04 Å². The molecule has 1 N–H and O–H groups in total. The Morgan fingerprint density at radius 1 is 0.865 bits per heavy atom. The van der Waals surface area contributed by atoms with Crippen molar-refractivity contribution in [1.82, 2.24) is 10.2 Å². The van der Waals surface area contributed by atoms with Crippen molar-refractivity contribution < 1.29 is 9.59 Å². The zero-order chi connectivity index (χ0) is 26.0. The first-order chi connectivity index (χ1) is 18.0. The summed E-state index contributed by atoms with van der Waals surface area (Å²) in [6.07, 6.45) is 7.05. The second-order valence-electron chi connectivity index (χ2n) is 10.2. The van der Waals surface area contributed by atoms with Crippen LogP contribution < -0.4 is 5.32 Å². The van der Waals surface area contributed by atoms with E-state index in [0.29, 0.717) is 25.8 Å². The van der Waals surface area contributed by atoms with Gasteiger partial charge in [0.15, 0.2) is 0 Å². The third-order valence-electron chi connectivity index (χ3n) is 7.24. The molecule has 0 heterocycles. The van der Waals surface area contributed by atoms with Gasteiger partial charge in [0.05, 0.1) is 0 Å². The number of carbonyl (C=O) groups is 2. The first-order valence-corrected chi connectivity index (χ1v) is 14.2. The fraction of sp³-hybridized carbons (Fsp3) is 0.375. The minimum atomic E-state index is -0.571. The molecule has 1 fully saturated rings. The van der Waals surface area contributed by atoms with Crippen molar-refractivity contribution in [3.05, 3.63) is 106 Å². The van der Waals surface area contributed by atoms with Crippen LogP contribution in [-0.4, -0.2) is 28.8 Å². The molecular formula is C32H37BrN2O2. The Balaban J connectivity index is 1.59. The number of hydrogen-bond donors (Lipinski definition) is 1. The lowest BCUT2D eigenvalue weighted by Gasteiger charge is -2.33. The minimum absolute atomic E-state index is 0.00298. The summed E-state index contributed by atoms with van der Waals surface area (Å²) in [5, 5.41) is 3.31. The zero-order valence-electron chi connectivity index (χ0n) is 21.7. The number of carbonyl (C=O) groups excluding carboxylic acids is 2. The summed E-state index contributed by atoms with van der Waals surface area (Å²) in [6.45, 7) is 2.46. The van der Waals surface area contributed by atoms with E-state index in [9.17, 15) is 9.59 Å². The third-order valence-corrected chi connectivity index (χ3v) is 7.77. The molecule has 0 aromatic heterocycles.